The maximum atomic E-state index is 13.0. The molecule has 2 rings (SSSR count). The van der Waals surface area contributed by atoms with Gasteiger partial charge in [0.25, 0.3) is 0 Å². The van der Waals surface area contributed by atoms with Gasteiger partial charge in [0, 0.05) is 13.1 Å². The minimum absolute atomic E-state index is 0.0418. The van der Waals surface area contributed by atoms with Crippen molar-refractivity contribution in [3.05, 3.63) is 65.5 Å². The van der Waals surface area contributed by atoms with Crippen LogP contribution in [0.2, 0.25) is 0 Å². The summed E-state index contributed by atoms with van der Waals surface area (Å²) in [5, 5.41) is 11.7. The lowest BCUT2D eigenvalue weighted by Crippen LogP contribution is -2.12. The van der Waals surface area contributed by atoms with E-state index in [0.29, 0.717) is 18.8 Å². The summed E-state index contributed by atoms with van der Waals surface area (Å²) in [5.74, 6) is 0.452. The van der Waals surface area contributed by atoms with E-state index in [9.17, 15) is 4.39 Å². The first-order valence-electron chi connectivity index (χ1n) is 6.32. The Labute approximate surface area is 117 Å². The molecule has 0 aliphatic heterocycles. The Balaban J connectivity index is 1.86. The van der Waals surface area contributed by atoms with Crippen LogP contribution in [0.3, 0.4) is 0 Å². The standard InChI is InChI=1S/C16H15FN2O/c17-15-5-1-3-13(9-15)11-19-12-14-4-2-6-16(10-14)20-8-7-18/h1-6,9-10,19H,8,11-12H2. The number of nitriles is 1. The largest absolute Gasteiger partial charge is 0.479 e. The number of hydrogen-bond donors (Lipinski definition) is 1. The van der Waals surface area contributed by atoms with Crippen LogP contribution < -0.4 is 10.1 Å². The number of nitrogens with one attached hydrogen (secondary N) is 1. The Morgan fingerprint density at radius 1 is 1.05 bits per heavy atom. The molecule has 0 saturated carbocycles. The summed E-state index contributed by atoms with van der Waals surface area (Å²) in [7, 11) is 0. The number of halogens is 1. The van der Waals surface area contributed by atoms with Gasteiger partial charge >= 0.3 is 0 Å². The van der Waals surface area contributed by atoms with Crippen molar-refractivity contribution in [1.29, 1.82) is 5.26 Å². The van der Waals surface area contributed by atoms with E-state index in [2.05, 4.69) is 5.32 Å². The van der Waals surface area contributed by atoms with Crippen LogP contribution in [-0.4, -0.2) is 6.61 Å². The van der Waals surface area contributed by atoms with E-state index in [-0.39, 0.29) is 12.4 Å². The van der Waals surface area contributed by atoms with Gasteiger partial charge in [0.2, 0.25) is 0 Å². The molecule has 0 unspecified atom stereocenters. The van der Waals surface area contributed by atoms with Crippen molar-refractivity contribution in [2.45, 2.75) is 13.1 Å². The van der Waals surface area contributed by atoms with Crippen molar-refractivity contribution in [2.75, 3.05) is 6.61 Å². The van der Waals surface area contributed by atoms with Crippen molar-refractivity contribution >= 4 is 0 Å². The van der Waals surface area contributed by atoms with E-state index in [0.717, 1.165) is 11.1 Å². The number of rotatable bonds is 6. The van der Waals surface area contributed by atoms with Crippen molar-refractivity contribution in [2.24, 2.45) is 0 Å². The van der Waals surface area contributed by atoms with Gasteiger partial charge in [-0.1, -0.05) is 24.3 Å². The highest BCUT2D eigenvalue weighted by Gasteiger charge is 1.98. The molecule has 0 saturated heterocycles. The molecule has 0 aliphatic carbocycles. The Morgan fingerprint density at radius 3 is 2.45 bits per heavy atom. The second-order valence-corrected chi connectivity index (χ2v) is 4.33. The molecule has 4 heteroatoms. The van der Waals surface area contributed by atoms with E-state index in [1.54, 1.807) is 6.07 Å². The third-order valence-electron chi connectivity index (χ3n) is 2.75. The first-order valence-corrected chi connectivity index (χ1v) is 6.32. The SMILES string of the molecule is N#CCOc1cccc(CNCc2cccc(F)c2)c1. The quantitative estimate of drug-likeness (QED) is 0.877. The number of hydrogen-bond acceptors (Lipinski definition) is 3. The van der Waals surface area contributed by atoms with Gasteiger partial charge in [-0.2, -0.15) is 5.26 Å². The van der Waals surface area contributed by atoms with Crippen LogP contribution >= 0.6 is 0 Å². The topological polar surface area (TPSA) is 45.0 Å². The van der Waals surface area contributed by atoms with Gasteiger partial charge in [-0.15, -0.1) is 0 Å². The fourth-order valence-corrected chi connectivity index (χ4v) is 1.86. The summed E-state index contributed by atoms with van der Waals surface area (Å²) >= 11 is 0. The van der Waals surface area contributed by atoms with Crippen LogP contribution in [-0.2, 0) is 13.1 Å². The van der Waals surface area contributed by atoms with Gasteiger partial charge in [0.05, 0.1) is 0 Å². The minimum atomic E-state index is -0.226. The molecular formula is C16H15FN2O. The van der Waals surface area contributed by atoms with Crippen LogP contribution in [0.4, 0.5) is 4.39 Å². The minimum Gasteiger partial charge on any atom is -0.479 e. The number of benzene rings is 2. The average molecular weight is 270 g/mol. The molecule has 0 bridgehead atoms. The summed E-state index contributed by atoms with van der Waals surface area (Å²) in [6.07, 6.45) is 0. The molecule has 20 heavy (non-hydrogen) atoms. The van der Waals surface area contributed by atoms with Crippen molar-refractivity contribution in [3.63, 3.8) is 0 Å². The monoisotopic (exact) mass is 270 g/mol. The fraction of sp³-hybridized carbons (Fsp3) is 0.188. The van der Waals surface area contributed by atoms with E-state index < -0.39 is 0 Å². The summed E-state index contributed by atoms with van der Waals surface area (Å²) in [6.45, 7) is 1.29. The van der Waals surface area contributed by atoms with Gasteiger partial charge in [-0.3, -0.25) is 0 Å². The summed E-state index contributed by atoms with van der Waals surface area (Å²) in [6, 6.07) is 16.0. The molecule has 102 valence electrons. The Bertz CT molecular complexity index is 607. The molecule has 0 amide bonds. The smallest absolute Gasteiger partial charge is 0.174 e. The average Bonchev–Trinajstić information content (AvgIpc) is 2.46. The predicted molar refractivity (Wildman–Crippen MR) is 74.5 cm³/mol. The van der Waals surface area contributed by atoms with Crippen LogP contribution in [0.5, 0.6) is 5.75 Å². The molecule has 0 fully saturated rings. The molecule has 1 N–H and O–H groups in total. The predicted octanol–water partition coefficient (Wildman–Crippen LogP) is 3.02. The highest BCUT2D eigenvalue weighted by atomic mass is 19.1. The van der Waals surface area contributed by atoms with Crippen LogP contribution in [0.15, 0.2) is 48.5 Å². The number of ether oxygens (including phenoxy) is 1. The summed E-state index contributed by atoms with van der Waals surface area (Å²) < 4.78 is 18.3. The van der Waals surface area contributed by atoms with Gasteiger partial charge in [0.15, 0.2) is 6.61 Å². The van der Waals surface area contributed by atoms with Gasteiger partial charge in [-0.25, -0.2) is 4.39 Å². The lowest BCUT2D eigenvalue weighted by Gasteiger charge is -2.07. The van der Waals surface area contributed by atoms with Crippen LogP contribution in [0.1, 0.15) is 11.1 Å². The Morgan fingerprint density at radius 2 is 1.75 bits per heavy atom. The van der Waals surface area contributed by atoms with E-state index in [4.69, 9.17) is 10.00 Å². The van der Waals surface area contributed by atoms with E-state index in [1.165, 1.54) is 12.1 Å². The molecule has 2 aromatic carbocycles. The first-order chi connectivity index (χ1) is 9.78. The van der Waals surface area contributed by atoms with Gasteiger partial charge in [0.1, 0.15) is 17.6 Å². The van der Waals surface area contributed by atoms with E-state index >= 15 is 0 Å². The summed E-state index contributed by atoms with van der Waals surface area (Å²) in [5.41, 5.74) is 1.96. The maximum Gasteiger partial charge on any atom is 0.174 e. The highest BCUT2D eigenvalue weighted by molar-refractivity contribution is 5.28. The normalized spacial score (nSPS) is 10.0. The third kappa shape index (κ3) is 4.38. The molecule has 3 nitrogen and oxygen atoms in total. The Kier molecular flexibility index (Phi) is 5.10. The molecule has 0 heterocycles. The zero-order valence-corrected chi connectivity index (χ0v) is 11.0. The second-order valence-electron chi connectivity index (χ2n) is 4.33. The maximum absolute atomic E-state index is 13.0. The van der Waals surface area contributed by atoms with Gasteiger partial charge < -0.3 is 10.1 Å². The first kappa shape index (κ1) is 14.0. The molecule has 0 atom stereocenters. The lowest BCUT2D eigenvalue weighted by atomic mass is 10.2. The van der Waals surface area contributed by atoms with Crippen molar-refractivity contribution < 1.29 is 9.13 Å². The molecule has 0 aromatic heterocycles. The molecule has 0 spiro atoms. The lowest BCUT2D eigenvalue weighted by molar-refractivity contribution is 0.367. The van der Waals surface area contributed by atoms with Crippen molar-refractivity contribution in [3.8, 4) is 11.8 Å². The third-order valence-corrected chi connectivity index (χ3v) is 2.75. The molecular weight excluding hydrogens is 255 g/mol. The van der Waals surface area contributed by atoms with Crippen LogP contribution in [0, 0.1) is 17.1 Å². The molecule has 0 aliphatic rings. The summed E-state index contributed by atoms with van der Waals surface area (Å²) in [4.78, 5) is 0. The Hall–Kier alpha value is -2.38. The fourth-order valence-electron chi connectivity index (χ4n) is 1.86. The van der Waals surface area contributed by atoms with Crippen molar-refractivity contribution in [1.82, 2.24) is 5.32 Å². The van der Waals surface area contributed by atoms with Gasteiger partial charge in [-0.05, 0) is 35.4 Å². The highest BCUT2D eigenvalue weighted by Crippen LogP contribution is 2.13. The molecule has 2 aromatic rings. The second kappa shape index (κ2) is 7.27. The molecule has 0 radical (unpaired) electrons. The van der Waals surface area contributed by atoms with E-state index in [1.807, 2.05) is 36.4 Å². The zero-order chi connectivity index (χ0) is 14.2. The number of nitrogens with zero attached hydrogens (tertiary/aromatic N) is 1. The van der Waals surface area contributed by atoms with Crippen LogP contribution in [0.25, 0.3) is 0 Å². The zero-order valence-electron chi connectivity index (χ0n) is 11.0.